The monoisotopic (exact) mass is 236 g/mol. The van der Waals surface area contributed by atoms with E-state index in [2.05, 4.69) is 35.2 Å². The Morgan fingerprint density at radius 1 is 1.35 bits per heavy atom. The van der Waals surface area contributed by atoms with Gasteiger partial charge in [0.05, 0.1) is 11.7 Å². The van der Waals surface area contributed by atoms with Crippen LogP contribution >= 0.6 is 0 Å². The standard InChI is InChI=1S/C13H24N4/c1-13(2,17-9-5-6-10-17)12(14-3)11-7-8-15-16(11)4/h7-8,12,14H,5-6,9-10H2,1-4H3. The van der Waals surface area contributed by atoms with Crippen LogP contribution in [0, 0.1) is 0 Å². The summed E-state index contributed by atoms with van der Waals surface area (Å²) < 4.78 is 1.97. The molecule has 4 heteroatoms. The summed E-state index contributed by atoms with van der Waals surface area (Å²) in [5.41, 5.74) is 1.38. The first-order valence-corrected chi connectivity index (χ1v) is 6.47. The molecule has 0 spiro atoms. The zero-order valence-corrected chi connectivity index (χ0v) is 11.4. The maximum absolute atomic E-state index is 4.28. The highest BCUT2D eigenvalue weighted by atomic mass is 15.3. The van der Waals surface area contributed by atoms with Gasteiger partial charge in [-0.15, -0.1) is 0 Å². The number of nitrogens with zero attached hydrogens (tertiary/aromatic N) is 3. The van der Waals surface area contributed by atoms with Gasteiger partial charge in [0.2, 0.25) is 0 Å². The first-order chi connectivity index (χ1) is 8.07. The number of likely N-dealkylation sites (N-methyl/N-ethyl adjacent to an activating group) is 1. The lowest BCUT2D eigenvalue weighted by Crippen LogP contribution is -2.51. The molecule has 0 radical (unpaired) electrons. The maximum atomic E-state index is 4.28. The van der Waals surface area contributed by atoms with Crippen LogP contribution in [0.15, 0.2) is 12.3 Å². The van der Waals surface area contributed by atoms with Gasteiger partial charge in [-0.25, -0.2) is 0 Å². The van der Waals surface area contributed by atoms with Crippen molar-refractivity contribution in [2.75, 3.05) is 20.1 Å². The van der Waals surface area contributed by atoms with E-state index >= 15 is 0 Å². The zero-order chi connectivity index (χ0) is 12.5. The van der Waals surface area contributed by atoms with Crippen molar-refractivity contribution in [3.05, 3.63) is 18.0 Å². The lowest BCUT2D eigenvalue weighted by atomic mass is 9.90. The fourth-order valence-corrected chi connectivity index (χ4v) is 3.01. The second-order valence-corrected chi connectivity index (χ2v) is 5.45. The molecule has 1 N–H and O–H groups in total. The third kappa shape index (κ3) is 2.24. The molecule has 1 unspecified atom stereocenters. The van der Waals surface area contributed by atoms with Crippen molar-refractivity contribution in [3.63, 3.8) is 0 Å². The van der Waals surface area contributed by atoms with E-state index < -0.39 is 0 Å². The molecule has 1 atom stereocenters. The molecule has 1 aliphatic rings. The fraction of sp³-hybridized carbons (Fsp3) is 0.769. The minimum Gasteiger partial charge on any atom is -0.310 e. The van der Waals surface area contributed by atoms with E-state index in [-0.39, 0.29) is 5.54 Å². The summed E-state index contributed by atoms with van der Waals surface area (Å²) in [4.78, 5) is 2.58. The van der Waals surface area contributed by atoms with Crippen LogP contribution in [0.4, 0.5) is 0 Å². The van der Waals surface area contributed by atoms with Crippen molar-refractivity contribution in [2.24, 2.45) is 7.05 Å². The molecule has 1 aromatic rings. The van der Waals surface area contributed by atoms with E-state index in [1.165, 1.54) is 31.6 Å². The van der Waals surface area contributed by atoms with Gasteiger partial charge >= 0.3 is 0 Å². The predicted molar refractivity (Wildman–Crippen MR) is 69.9 cm³/mol. The molecular weight excluding hydrogens is 212 g/mol. The summed E-state index contributed by atoms with van der Waals surface area (Å²) in [6.07, 6.45) is 4.52. The first kappa shape index (κ1) is 12.6. The SMILES string of the molecule is CNC(c1ccnn1C)C(C)(C)N1CCCC1. The Morgan fingerprint density at radius 2 is 2.00 bits per heavy atom. The van der Waals surface area contributed by atoms with Crippen molar-refractivity contribution in [3.8, 4) is 0 Å². The van der Waals surface area contributed by atoms with Crippen molar-refractivity contribution in [1.29, 1.82) is 0 Å². The number of rotatable bonds is 4. The van der Waals surface area contributed by atoms with Crippen molar-refractivity contribution in [2.45, 2.75) is 38.3 Å². The number of nitrogens with one attached hydrogen (secondary N) is 1. The highest BCUT2D eigenvalue weighted by Crippen LogP contribution is 2.32. The van der Waals surface area contributed by atoms with Gasteiger partial charge in [-0.2, -0.15) is 5.10 Å². The van der Waals surface area contributed by atoms with E-state index in [1.54, 1.807) is 0 Å². The van der Waals surface area contributed by atoms with E-state index in [4.69, 9.17) is 0 Å². The van der Waals surface area contributed by atoms with E-state index in [1.807, 2.05) is 25.0 Å². The van der Waals surface area contributed by atoms with Gasteiger partial charge < -0.3 is 5.32 Å². The molecule has 2 rings (SSSR count). The molecule has 1 fully saturated rings. The van der Waals surface area contributed by atoms with Gasteiger partial charge in [0, 0.05) is 18.8 Å². The van der Waals surface area contributed by atoms with Crippen molar-refractivity contribution in [1.82, 2.24) is 20.0 Å². The third-order valence-electron chi connectivity index (χ3n) is 4.07. The molecule has 17 heavy (non-hydrogen) atoms. The van der Waals surface area contributed by atoms with Gasteiger partial charge in [0.1, 0.15) is 0 Å². The van der Waals surface area contributed by atoms with Crippen LogP contribution in [-0.2, 0) is 7.05 Å². The number of hydrogen-bond donors (Lipinski definition) is 1. The maximum Gasteiger partial charge on any atom is 0.0670 e. The average Bonchev–Trinajstić information content (AvgIpc) is 2.91. The summed E-state index contributed by atoms with van der Waals surface area (Å²) in [5.74, 6) is 0. The lowest BCUT2D eigenvalue weighted by Gasteiger charge is -2.42. The van der Waals surface area contributed by atoms with E-state index in [0.717, 1.165) is 0 Å². The Hall–Kier alpha value is -0.870. The Balaban J connectivity index is 2.25. The highest BCUT2D eigenvalue weighted by molar-refractivity contribution is 5.13. The fourth-order valence-electron chi connectivity index (χ4n) is 3.01. The summed E-state index contributed by atoms with van der Waals surface area (Å²) in [6, 6.07) is 2.42. The summed E-state index contributed by atoms with van der Waals surface area (Å²) in [7, 11) is 4.05. The Morgan fingerprint density at radius 3 is 2.47 bits per heavy atom. The molecule has 2 heterocycles. The Bertz CT molecular complexity index is 363. The van der Waals surface area contributed by atoms with Gasteiger partial charge in [-0.05, 0) is 52.9 Å². The molecular formula is C13H24N4. The quantitative estimate of drug-likeness (QED) is 0.861. The summed E-state index contributed by atoms with van der Waals surface area (Å²) in [6.45, 7) is 7.07. The molecule has 0 aromatic carbocycles. The summed E-state index contributed by atoms with van der Waals surface area (Å²) >= 11 is 0. The minimum absolute atomic E-state index is 0.124. The van der Waals surface area contributed by atoms with Gasteiger partial charge in [0.25, 0.3) is 0 Å². The number of hydrogen-bond acceptors (Lipinski definition) is 3. The Labute approximate surface area is 104 Å². The normalized spacial score (nSPS) is 19.8. The molecule has 0 aliphatic carbocycles. The van der Waals surface area contributed by atoms with Crippen LogP contribution in [0.5, 0.6) is 0 Å². The molecule has 1 saturated heterocycles. The van der Waals surface area contributed by atoms with Crippen LogP contribution < -0.4 is 5.32 Å². The first-order valence-electron chi connectivity index (χ1n) is 6.47. The van der Waals surface area contributed by atoms with Gasteiger partial charge in [-0.3, -0.25) is 9.58 Å². The third-order valence-corrected chi connectivity index (χ3v) is 4.07. The van der Waals surface area contributed by atoms with E-state index in [0.29, 0.717) is 6.04 Å². The average molecular weight is 236 g/mol. The minimum atomic E-state index is 0.124. The zero-order valence-electron chi connectivity index (χ0n) is 11.4. The molecule has 1 aliphatic heterocycles. The predicted octanol–water partition coefficient (Wildman–Crippen LogP) is 1.55. The number of aromatic nitrogens is 2. The second-order valence-electron chi connectivity index (χ2n) is 5.45. The van der Waals surface area contributed by atoms with Crippen molar-refractivity contribution >= 4 is 0 Å². The van der Waals surface area contributed by atoms with Crippen LogP contribution in [-0.4, -0.2) is 40.4 Å². The van der Waals surface area contributed by atoms with Crippen LogP contribution in [0.25, 0.3) is 0 Å². The topological polar surface area (TPSA) is 33.1 Å². The molecule has 0 amide bonds. The second kappa shape index (κ2) is 4.78. The van der Waals surface area contributed by atoms with Crippen LogP contribution in [0.2, 0.25) is 0 Å². The molecule has 4 nitrogen and oxygen atoms in total. The largest absolute Gasteiger partial charge is 0.310 e. The Kier molecular flexibility index (Phi) is 3.54. The van der Waals surface area contributed by atoms with E-state index in [9.17, 15) is 0 Å². The van der Waals surface area contributed by atoms with Gasteiger partial charge in [0.15, 0.2) is 0 Å². The van der Waals surface area contributed by atoms with Crippen LogP contribution in [0.3, 0.4) is 0 Å². The number of likely N-dealkylation sites (tertiary alicyclic amines) is 1. The molecule has 96 valence electrons. The van der Waals surface area contributed by atoms with Gasteiger partial charge in [-0.1, -0.05) is 0 Å². The smallest absolute Gasteiger partial charge is 0.0670 e. The number of aryl methyl sites for hydroxylation is 1. The molecule has 1 aromatic heterocycles. The lowest BCUT2D eigenvalue weighted by molar-refractivity contribution is 0.107. The molecule has 0 bridgehead atoms. The van der Waals surface area contributed by atoms with Crippen LogP contribution in [0.1, 0.15) is 38.4 Å². The van der Waals surface area contributed by atoms with Crippen molar-refractivity contribution < 1.29 is 0 Å². The highest BCUT2D eigenvalue weighted by Gasteiger charge is 2.37. The molecule has 0 saturated carbocycles. The summed E-state index contributed by atoms with van der Waals surface area (Å²) in [5, 5.41) is 7.74.